The fraction of sp³-hybridized carbons (Fsp3) is 0.286. The van der Waals surface area contributed by atoms with E-state index in [0.717, 1.165) is 16.8 Å². The fourth-order valence-electron chi connectivity index (χ4n) is 2.74. The van der Waals surface area contributed by atoms with Crippen LogP contribution in [0.4, 0.5) is 5.13 Å². The summed E-state index contributed by atoms with van der Waals surface area (Å²) in [6.45, 7) is 1.31. The fourth-order valence-corrected chi connectivity index (χ4v) is 3.42. The van der Waals surface area contributed by atoms with E-state index in [0.29, 0.717) is 23.9 Å². The Morgan fingerprint density at radius 1 is 1.41 bits per heavy atom. The zero-order chi connectivity index (χ0) is 15.1. The van der Waals surface area contributed by atoms with E-state index in [9.17, 15) is 4.79 Å². The number of carbonyl (C=O) groups is 1. The van der Waals surface area contributed by atoms with Gasteiger partial charge in [-0.1, -0.05) is 11.3 Å². The van der Waals surface area contributed by atoms with Crippen LogP contribution in [0.25, 0.3) is 10.3 Å². The van der Waals surface area contributed by atoms with E-state index < -0.39 is 0 Å². The van der Waals surface area contributed by atoms with Crippen molar-refractivity contribution in [2.45, 2.75) is 12.3 Å². The van der Waals surface area contributed by atoms with Crippen LogP contribution < -0.4 is 5.73 Å². The van der Waals surface area contributed by atoms with Crippen molar-refractivity contribution in [3.63, 3.8) is 0 Å². The summed E-state index contributed by atoms with van der Waals surface area (Å²) in [6.07, 6.45) is 3.58. The minimum absolute atomic E-state index is 0.126. The molecule has 7 nitrogen and oxygen atoms in total. The van der Waals surface area contributed by atoms with Crippen molar-refractivity contribution in [1.82, 2.24) is 19.9 Å². The molecule has 1 amide bonds. The molecule has 1 fully saturated rings. The topological polar surface area (TPSA) is 98.1 Å². The number of thiazole rings is 1. The van der Waals surface area contributed by atoms with Gasteiger partial charge in [-0.15, -0.1) is 0 Å². The number of aromatic nitrogens is 3. The second kappa shape index (κ2) is 5.06. The molecule has 1 atom stereocenters. The van der Waals surface area contributed by atoms with Crippen LogP contribution in [0.1, 0.15) is 28.6 Å². The molecule has 0 radical (unpaired) electrons. The lowest BCUT2D eigenvalue weighted by molar-refractivity contribution is 0.0759. The SMILES string of the molecule is Nc1nc2nc(C3CCN(C(=O)c4cnco4)C3)ccc2s1. The van der Waals surface area contributed by atoms with Crippen LogP contribution in [0.3, 0.4) is 0 Å². The number of pyridine rings is 1. The first-order valence-electron chi connectivity index (χ1n) is 6.91. The van der Waals surface area contributed by atoms with Gasteiger partial charge in [0.05, 0.1) is 10.9 Å². The predicted molar refractivity (Wildman–Crippen MR) is 81.6 cm³/mol. The lowest BCUT2D eigenvalue weighted by atomic mass is 10.0. The van der Waals surface area contributed by atoms with E-state index in [2.05, 4.69) is 15.0 Å². The first kappa shape index (κ1) is 13.2. The van der Waals surface area contributed by atoms with E-state index in [4.69, 9.17) is 10.2 Å². The van der Waals surface area contributed by atoms with Gasteiger partial charge < -0.3 is 15.1 Å². The number of amides is 1. The van der Waals surface area contributed by atoms with Gasteiger partial charge in [-0.05, 0) is 18.6 Å². The number of fused-ring (bicyclic) bond motifs is 1. The molecule has 1 aliphatic heterocycles. The monoisotopic (exact) mass is 315 g/mol. The zero-order valence-corrected chi connectivity index (χ0v) is 12.4. The lowest BCUT2D eigenvalue weighted by Crippen LogP contribution is -2.28. The Hall–Kier alpha value is -2.48. The first-order chi connectivity index (χ1) is 10.7. The summed E-state index contributed by atoms with van der Waals surface area (Å²) < 4.78 is 6.05. The molecule has 8 heteroatoms. The maximum atomic E-state index is 12.2. The summed E-state index contributed by atoms with van der Waals surface area (Å²) in [4.78, 5) is 26.6. The molecule has 0 saturated carbocycles. The molecule has 0 spiro atoms. The smallest absolute Gasteiger partial charge is 0.291 e. The van der Waals surface area contributed by atoms with Crippen LogP contribution in [-0.2, 0) is 0 Å². The highest BCUT2D eigenvalue weighted by molar-refractivity contribution is 7.21. The Balaban J connectivity index is 1.55. The Kier molecular flexibility index (Phi) is 3.04. The van der Waals surface area contributed by atoms with Gasteiger partial charge in [0.2, 0.25) is 5.76 Å². The van der Waals surface area contributed by atoms with Crippen molar-refractivity contribution in [1.29, 1.82) is 0 Å². The van der Waals surface area contributed by atoms with Crippen LogP contribution in [0.15, 0.2) is 29.1 Å². The number of nitrogens with two attached hydrogens (primary N) is 1. The average Bonchev–Trinajstić information content (AvgIpc) is 3.25. The third-order valence-corrected chi connectivity index (χ3v) is 4.67. The molecule has 112 valence electrons. The van der Waals surface area contributed by atoms with Gasteiger partial charge >= 0.3 is 0 Å². The van der Waals surface area contributed by atoms with E-state index in [1.54, 1.807) is 4.90 Å². The number of rotatable bonds is 2. The molecule has 0 bridgehead atoms. The van der Waals surface area contributed by atoms with Crippen LogP contribution in [0.5, 0.6) is 0 Å². The Morgan fingerprint density at radius 2 is 2.32 bits per heavy atom. The number of hydrogen-bond donors (Lipinski definition) is 1. The molecule has 0 aliphatic carbocycles. The highest BCUT2D eigenvalue weighted by Gasteiger charge is 2.30. The predicted octanol–water partition coefficient (Wildman–Crippen LogP) is 1.89. The summed E-state index contributed by atoms with van der Waals surface area (Å²) in [5.74, 6) is 0.356. The maximum absolute atomic E-state index is 12.2. The first-order valence-corrected chi connectivity index (χ1v) is 7.73. The van der Waals surface area contributed by atoms with E-state index in [1.165, 1.54) is 23.9 Å². The molecule has 1 unspecified atom stereocenters. The number of nitrogen functional groups attached to an aromatic ring is 1. The molecule has 1 saturated heterocycles. The number of nitrogens with zero attached hydrogens (tertiary/aromatic N) is 4. The molecular weight excluding hydrogens is 302 g/mol. The Labute approximate surface area is 129 Å². The quantitative estimate of drug-likeness (QED) is 0.775. The second-order valence-electron chi connectivity index (χ2n) is 5.21. The molecular formula is C14H13N5O2S. The Morgan fingerprint density at radius 3 is 3.14 bits per heavy atom. The highest BCUT2D eigenvalue weighted by atomic mass is 32.1. The summed E-state index contributed by atoms with van der Waals surface area (Å²) in [6, 6.07) is 3.99. The number of anilines is 1. The minimum atomic E-state index is -0.126. The Bertz CT molecular complexity index is 829. The standard InChI is InChI=1S/C14H13N5O2S/c15-14-18-12-11(22-14)2-1-9(17-12)8-3-4-19(6-8)13(20)10-5-16-7-21-10/h1-2,5,7-8H,3-4,6H2,(H2,15,17,18). The lowest BCUT2D eigenvalue weighted by Gasteiger charge is -2.14. The van der Waals surface area contributed by atoms with Crippen molar-refractivity contribution in [2.24, 2.45) is 0 Å². The van der Waals surface area contributed by atoms with Crippen LogP contribution in [0, 0.1) is 0 Å². The number of oxazole rings is 1. The normalized spacial score (nSPS) is 18.2. The third-order valence-electron chi connectivity index (χ3n) is 3.83. The molecule has 4 heterocycles. The summed E-state index contributed by atoms with van der Waals surface area (Å²) in [7, 11) is 0. The summed E-state index contributed by atoms with van der Waals surface area (Å²) >= 11 is 1.43. The molecule has 3 aromatic rings. The van der Waals surface area contributed by atoms with Crippen molar-refractivity contribution in [3.05, 3.63) is 36.2 Å². The molecule has 2 N–H and O–H groups in total. The van der Waals surface area contributed by atoms with Crippen molar-refractivity contribution < 1.29 is 9.21 Å². The van der Waals surface area contributed by atoms with Crippen molar-refractivity contribution >= 4 is 32.7 Å². The average molecular weight is 315 g/mol. The van der Waals surface area contributed by atoms with Gasteiger partial charge in [0, 0.05) is 24.7 Å². The third kappa shape index (κ3) is 2.21. The van der Waals surface area contributed by atoms with Gasteiger partial charge in [0.15, 0.2) is 17.2 Å². The van der Waals surface area contributed by atoms with Crippen LogP contribution in [0.2, 0.25) is 0 Å². The van der Waals surface area contributed by atoms with Gasteiger partial charge in [-0.3, -0.25) is 4.79 Å². The zero-order valence-electron chi connectivity index (χ0n) is 11.6. The highest BCUT2D eigenvalue weighted by Crippen LogP contribution is 2.30. The van der Waals surface area contributed by atoms with E-state index >= 15 is 0 Å². The van der Waals surface area contributed by atoms with E-state index in [-0.39, 0.29) is 17.6 Å². The second-order valence-corrected chi connectivity index (χ2v) is 6.27. The largest absolute Gasteiger partial charge is 0.438 e. The van der Waals surface area contributed by atoms with Crippen LogP contribution >= 0.6 is 11.3 Å². The number of carbonyl (C=O) groups excluding carboxylic acids is 1. The summed E-state index contributed by atoms with van der Waals surface area (Å²) in [5.41, 5.74) is 7.34. The van der Waals surface area contributed by atoms with Gasteiger partial charge in [0.1, 0.15) is 0 Å². The van der Waals surface area contributed by atoms with Gasteiger partial charge in [0.25, 0.3) is 5.91 Å². The molecule has 4 rings (SSSR count). The van der Waals surface area contributed by atoms with Crippen LogP contribution in [-0.4, -0.2) is 38.8 Å². The molecule has 22 heavy (non-hydrogen) atoms. The number of hydrogen-bond acceptors (Lipinski definition) is 7. The molecule has 1 aliphatic rings. The minimum Gasteiger partial charge on any atom is -0.438 e. The maximum Gasteiger partial charge on any atom is 0.291 e. The summed E-state index contributed by atoms with van der Waals surface area (Å²) in [5, 5.41) is 0.521. The van der Waals surface area contributed by atoms with Gasteiger partial charge in [-0.25, -0.2) is 15.0 Å². The number of likely N-dealkylation sites (tertiary alicyclic amines) is 1. The van der Waals surface area contributed by atoms with Gasteiger partial charge in [-0.2, -0.15) is 0 Å². The van der Waals surface area contributed by atoms with Crippen molar-refractivity contribution in [2.75, 3.05) is 18.8 Å². The van der Waals surface area contributed by atoms with E-state index in [1.807, 2.05) is 12.1 Å². The molecule has 0 aromatic carbocycles. The van der Waals surface area contributed by atoms with Crippen molar-refractivity contribution in [3.8, 4) is 0 Å². The molecule has 3 aromatic heterocycles.